The minimum atomic E-state index is -0.125. The molecule has 1 spiro atoms. The van der Waals surface area contributed by atoms with Gasteiger partial charge in [-0.2, -0.15) is 0 Å². The molecule has 4 aliphatic carbocycles. The summed E-state index contributed by atoms with van der Waals surface area (Å²) in [6.07, 6.45) is 12.4. The van der Waals surface area contributed by atoms with Crippen molar-refractivity contribution in [3.8, 4) is 0 Å². The van der Waals surface area contributed by atoms with Crippen molar-refractivity contribution in [1.82, 2.24) is 15.5 Å². The summed E-state index contributed by atoms with van der Waals surface area (Å²) in [6, 6.07) is 0.377. The Morgan fingerprint density at radius 2 is 1.93 bits per heavy atom. The Balaban J connectivity index is 1.15. The lowest BCUT2D eigenvalue weighted by Crippen LogP contribution is -2.54. The monoisotopic (exact) mass is 579 g/mol. The summed E-state index contributed by atoms with van der Waals surface area (Å²) >= 11 is 0. The lowest BCUT2D eigenvalue weighted by molar-refractivity contribution is -0.126. The van der Waals surface area contributed by atoms with E-state index < -0.39 is 0 Å². The van der Waals surface area contributed by atoms with Crippen LogP contribution >= 0.6 is 0 Å². The van der Waals surface area contributed by atoms with Crippen molar-refractivity contribution in [3.63, 3.8) is 0 Å². The Morgan fingerprint density at radius 3 is 2.71 bits per heavy atom. The van der Waals surface area contributed by atoms with Crippen LogP contribution in [0.15, 0.2) is 22.8 Å². The zero-order chi connectivity index (χ0) is 29.8. The van der Waals surface area contributed by atoms with Gasteiger partial charge in [0.2, 0.25) is 11.8 Å². The van der Waals surface area contributed by atoms with E-state index in [-0.39, 0.29) is 35.5 Å². The Bertz CT molecular complexity index is 1180. The topological polar surface area (TPSA) is 87.7 Å². The quantitative estimate of drug-likeness (QED) is 0.435. The van der Waals surface area contributed by atoms with Gasteiger partial charge in [-0.15, -0.1) is 0 Å². The van der Waals surface area contributed by atoms with Crippen LogP contribution < -0.4 is 10.6 Å². The van der Waals surface area contributed by atoms with Gasteiger partial charge in [0, 0.05) is 44.4 Å². The largest absolute Gasteiger partial charge is 0.369 e. The molecule has 2 saturated carbocycles. The van der Waals surface area contributed by atoms with Crippen molar-refractivity contribution in [2.24, 2.45) is 35.0 Å². The maximum atomic E-state index is 12.3. The summed E-state index contributed by atoms with van der Waals surface area (Å²) in [4.78, 5) is 38.6. The fraction of sp³-hybridized carbons (Fsp3) is 0.800. The molecule has 7 heteroatoms. The van der Waals surface area contributed by atoms with Crippen molar-refractivity contribution >= 4 is 17.6 Å². The van der Waals surface area contributed by atoms with Crippen LogP contribution in [0, 0.1) is 35.0 Å². The average molecular weight is 580 g/mol. The van der Waals surface area contributed by atoms with E-state index >= 15 is 0 Å². The second-order valence-corrected chi connectivity index (χ2v) is 15.0. The van der Waals surface area contributed by atoms with E-state index in [4.69, 9.17) is 4.74 Å². The van der Waals surface area contributed by atoms with Gasteiger partial charge in [0.1, 0.15) is 0 Å². The zero-order valence-electron chi connectivity index (χ0n) is 26.6. The number of hydrogen-bond acceptors (Lipinski definition) is 5. The van der Waals surface area contributed by atoms with Crippen LogP contribution in [0.5, 0.6) is 0 Å². The molecule has 2 N–H and O–H groups in total. The molecule has 2 saturated heterocycles. The van der Waals surface area contributed by atoms with Crippen molar-refractivity contribution in [1.29, 1.82) is 0 Å². The number of carbonyl (C=O) groups is 3. The first-order chi connectivity index (χ1) is 20.0. The number of carbonyl (C=O) groups excluding carboxylic acids is 3. The number of piperidine rings is 1. The molecule has 6 rings (SSSR count). The molecule has 4 fully saturated rings. The number of allylic oxidation sites excluding steroid dienone is 3. The second kappa shape index (κ2) is 11.5. The molecular weight excluding hydrogens is 526 g/mol. The summed E-state index contributed by atoms with van der Waals surface area (Å²) in [5, 5.41) is 5.69. The van der Waals surface area contributed by atoms with Crippen molar-refractivity contribution < 1.29 is 19.1 Å². The van der Waals surface area contributed by atoms with E-state index in [1.54, 1.807) is 18.1 Å². The third-order valence-electron chi connectivity index (χ3n) is 12.6. The highest BCUT2D eigenvalue weighted by molar-refractivity contribution is 5.91. The number of likely N-dealkylation sites (tertiary alicyclic amines) is 1. The normalized spacial score (nSPS) is 41.4. The van der Waals surface area contributed by atoms with Gasteiger partial charge >= 0.3 is 0 Å². The highest BCUT2D eigenvalue weighted by Gasteiger charge is 2.59. The molecule has 6 aliphatic rings. The Hall–Kier alpha value is -1.99. The summed E-state index contributed by atoms with van der Waals surface area (Å²) in [5.74, 6) is 3.20. The van der Waals surface area contributed by atoms with Crippen LogP contribution in [0.4, 0.5) is 0 Å². The molecule has 2 heterocycles. The fourth-order valence-electron chi connectivity index (χ4n) is 10.5. The Kier molecular flexibility index (Phi) is 8.23. The average Bonchev–Trinajstić information content (AvgIpc) is 3.42. The van der Waals surface area contributed by atoms with Crippen LogP contribution in [0.25, 0.3) is 0 Å². The van der Waals surface area contributed by atoms with E-state index in [2.05, 4.69) is 43.2 Å². The van der Waals surface area contributed by atoms with Crippen molar-refractivity contribution in [2.45, 2.75) is 117 Å². The van der Waals surface area contributed by atoms with Gasteiger partial charge in [-0.05, 0) is 93.5 Å². The van der Waals surface area contributed by atoms with Gasteiger partial charge < -0.3 is 15.4 Å². The van der Waals surface area contributed by atoms with Gasteiger partial charge in [0.25, 0.3) is 0 Å². The molecule has 42 heavy (non-hydrogen) atoms. The summed E-state index contributed by atoms with van der Waals surface area (Å²) in [7, 11) is 0. The number of ether oxygens (including phenoxy) is 1. The number of ketones is 1. The molecule has 7 nitrogen and oxygen atoms in total. The molecule has 232 valence electrons. The van der Waals surface area contributed by atoms with Gasteiger partial charge in [-0.25, -0.2) is 0 Å². The second-order valence-electron chi connectivity index (χ2n) is 15.0. The predicted octanol–water partition coefficient (Wildman–Crippen LogP) is 4.96. The van der Waals surface area contributed by atoms with E-state index in [1.807, 2.05) is 6.08 Å². The van der Waals surface area contributed by atoms with Crippen LogP contribution in [0.2, 0.25) is 0 Å². The first kappa shape index (κ1) is 30.1. The highest BCUT2D eigenvalue weighted by atomic mass is 16.5. The molecule has 0 radical (unpaired) electrons. The number of rotatable bonds is 6. The van der Waals surface area contributed by atoms with Gasteiger partial charge in [-0.1, -0.05) is 44.4 Å². The van der Waals surface area contributed by atoms with E-state index in [0.29, 0.717) is 48.5 Å². The summed E-state index contributed by atoms with van der Waals surface area (Å²) in [5.41, 5.74) is 4.85. The molecule has 0 bridgehead atoms. The van der Waals surface area contributed by atoms with Gasteiger partial charge in [-0.3, -0.25) is 19.3 Å². The molecule has 0 aromatic carbocycles. The summed E-state index contributed by atoms with van der Waals surface area (Å²) in [6.45, 7) is 13.9. The lowest BCUT2D eigenvalue weighted by Gasteiger charge is -2.48. The minimum Gasteiger partial charge on any atom is -0.369 e. The van der Waals surface area contributed by atoms with Crippen LogP contribution in [-0.4, -0.2) is 66.4 Å². The van der Waals surface area contributed by atoms with Crippen LogP contribution in [0.1, 0.15) is 98.8 Å². The summed E-state index contributed by atoms with van der Waals surface area (Å²) < 4.78 is 7.22. The number of fused-ring (bicyclic) bond motifs is 6. The van der Waals surface area contributed by atoms with E-state index in [0.717, 1.165) is 57.5 Å². The van der Waals surface area contributed by atoms with Gasteiger partial charge in [0.15, 0.2) is 5.78 Å². The predicted molar refractivity (Wildman–Crippen MR) is 164 cm³/mol. The number of nitrogens with one attached hydrogen (secondary N) is 2. The Morgan fingerprint density at radius 1 is 1.12 bits per heavy atom. The number of nitrogens with zero attached hydrogens (tertiary/aromatic N) is 1. The lowest BCUT2D eigenvalue weighted by atomic mass is 9.56. The smallest absolute Gasteiger partial charge is 0.239 e. The van der Waals surface area contributed by atoms with Crippen molar-refractivity contribution in [3.05, 3.63) is 22.8 Å². The standard InChI is InChI=1S/C35H53N3O4/c1-6-31(40)37-19-32(41)36-13-14-38-20-21(2)15-30-33(38)23(4)35(42-30)12-10-26-27-8-7-24-16-25(39)9-11-34(24,5)29(27)17-28(26)22(3)18-35/h16,21,23,26-27,29-30,33H,6-15,17-20H2,1-5H3,(H,36,41)(H,37,40)/t21-,23+,26-,27-,29-,30+,33-,34-,35-/m0/s1. The molecule has 2 aliphatic heterocycles. The number of amides is 2. The number of hydrogen-bond donors (Lipinski definition) is 2. The molecule has 0 unspecified atom stereocenters. The molecule has 0 aromatic rings. The molecule has 2 amide bonds. The van der Waals surface area contributed by atoms with Crippen molar-refractivity contribution in [2.75, 3.05) is 26.2 Å². The van der Waals surface area contributed by atoms with Gasteiger partial charge in [0.05, 0.1) is 18.2 Å². The molecular formula is C35H53N3O4. The van der Waals surface area contributed by atoms with E-state index in [1.165, 1.54) is 24.8 Å². The first-order valence-corrected chi connectivity index (χ1v) is 16.9. The SMILES string of the molecule is CCC(=O)NCC(=O)NCCN1C[C@@H](C)C[C@H]2O[C@]3(CC[C@@H]4C(=C(C)C3)C[C@H]3[C@H]4CCC4=CC(=O)CC[C@@]43C)[C@H](C)[C@@H]21. The third-order valence-corrected chi connectivity index (χ3v) is 12.6. The van der Waals surface area contributed by atoms with Crippen LogP contribution in [-0.2, 0) is 19.1 Å². The maximum Gasteiger partial charge on any atom is 0.239 e. The highest BCUT2D eigenvalue weighted by Crippen LogP contribution is 2.64. The molecule has 0 aromatic heterocycles. The Labute approximate surface area is 252 Å². The fourth-order valence-corrected chi connectivity index (χ4v) is 10.5. The van der Waals surface area contributed by atoms with Crippen LogP contribution in [0.3, 0.4) is 0 Å². The molecule has 9 atom stereocenters. The van der Waals surface area contributed by atoms with E-state index in [9.17, 15) is 14.4 Å². The minimum absolute atomic E-state index is 0.0452. The third kappa shape index (κ3) is 5.21. The maximum absolute atomic E-state index is 12.3. The zero-order valence-corrected chi connectivity index (χ0v) is 26.6. The first-order valence-electron chi connectivity index (χ1n) is 16.9.